The van der Waals surface area contributed by atoms with Gasteiger partial charge in [-0.25, -0.2) is 9.79 Å². The Labute approximate surface area is 61.1 Å². The fourth-order valence-electron chi connectivity index (χ4n) is 0.504. The van der Waals surface area contributed by atoms with Gasteiger partial charge in [0.25, 0.3) is 0 Å². The van der Waals surface area contributed by atoms with Gasteiger partial charge in [-0.05, 0) is 6.42 Å². The smallest absolute Gasteiger partial charge is 0.235 e. The maximum atomic E-state index is 9.55. The van der Waals surface area contributed by atoms with E-state index >= 15 is 0 Å². The Hall–Kier alpha value is -0.660. The van der Waals surface area contributed by atoms with Crippen molar-refractivity contribution in [1.29, 1.82) is 0 Å². The molecule has 0 saturated carbocycles. The number of carbonyl (C=O) groups excluding carboxylic acids is 1. The SMILES string of the molecule is CCCCOCCN=C=O. The third kappa shape index (κ3) is 7.34. The van der Waals surface area contributed by atoms with Crippen LogP contribution < -0.4 is 0 Å². The lowest BCUT2D eigenvalue weighted by Gasteiger charge is -1.97. The first-order valence-electron chi connectivity index (χ1n) is 3.53. The second kappa shape index (κ2) is 8.34. The number of hydrogen-bond acceptors (Lipinski definition) is 3. The van der Waals surface area contributed by atoms with Crippen LogP contribution in [-0.4, -0.2) is 25.8 Å². The maximum absolute atomic E-state index is 9.55. The second-order valence-corrected chi connectivity index (χ2v) is 1.94. The molecule has 3 heteroatoms. The van der Waals surface area contributed by atoms with Gasteiger partial charge in [-0.2, -0.15) is 0 Å². The molecule has 0 N–H and O–H groups in total. The van der Waals surface area contributed by atoms with Crippen LogP contribution in [0.25, 0.3) is 0 Å². The van der Waals surface area contributed by atoms with Gasteiger partial charge in [-0.1, -0.05) is 13.3 Å². The molecular weight excluding hydrogens is 130 g/mol. The number of rotatable bonds is 6. The summed E-state index contributed by atoms with van der Waals surface area (Å²) in [6.07, 6.45) is 3.66. The highest BCUT2D eigenvalue weighted by Gasteiger charge is 1.84. The molecule has 0 aliphatic carbocycles. The minimum atomic E-state index is 0.438. The first-order chi connectivity index (χ1) is 4.91. The van der Waals surface area contributed by atoms with Crippen molar-refractivity contribution in [2.75, 3.05) is 19.8 Å². The van der Waals surface area contributed by atoms with Crippen LogP contribution in [0.1, 0.15) is 19.8 Å². The van der Waals surface area contributed by atoms with E-state index in [1.54, 1.807) is 0 Å². The number of isocyanates is 1. The van der Waals surface area contributed by atoms with Crippen molar-refractivity contribution >= 4 is 6.08 Å². The molecule has 0 aromatic rings. The summed E-state index contributed by atoms with van der Waals surface area (Å²) in [5.41, 5.74) is 0. The molecule has 0 spiro atoms. The first kappa shape index (κ1) is 9.34. The zero-order valence-electron chi connectivity index (χ0n) is 6.30. The van der Waals surface area contributed by atoms with Crippen molar-refractivity contribution in [3.8, 4) is 0 Å². The highest BCUT2D eigenvalue weighted by molar-refractivity contribution is 5.32. The van der Waals surface area contributed by atoms with Crippen molar-refractivity contribution in [2.24, 2.45) is 4.99 Å². The summed E-state index contributed by atoms with van der Waals surface area (Å²) in [7, 11) is 0. The van der Waals surface area contributed by atoms with Gasteiger partial charge in [-0.15, -0.1) is 0 Å². The highest BCUT2D eigenvalue weighted by atomic mass is 16.5. The van der Waals surface area contributed by atoms with Gasteiger partial charge in [0, 0.05) is 6.61 Å². The zero-order valence-corrected chi connectivity index (χ0v) is 6.30. The molecule has 0 bridgehead atoms. The van der Waals surface area contributed by atoms with E-state index in [-0.39, 0.29) is 0 Å². The number of unbranched alkanes of at least 4 members (excludes halogenated alkanes) is 1. The van der Waals surface area contributed by atoms with Crippen molar-refractivity contribution in [3.05, 3.63) is 0 Å². The second-order valence-electron chi connectivity index (χ2n) is 1.94. The van der Waals surface area contributed by atoms with Gasteiger partial charge in [0.2, 0.25) is 6.08 Å². The van der Waals surface area contributed by atoms with Gasteiger partial charge in [-0.3, -0.25) is 0 Å². The molecule has 0 atom stereocenters. The standard InChI is InChI=1S/C7H13NO2/c1-2-3-5-10-6-4-8-7-9/h2-6H2,1H3. The molecule has 0 radical (unpaired) electrons. The van der Waals surface area contributed by atoms with Crippen LogP contribution in [0.2, 0.25) is 0 Å². The van der Waals surface area contributed by atoms with Crippen LogP contribution in [0, 0.1) is 0 Å². The molecule has 58 valence electrons. The Kier molecular flexibility index (Phi) is 7.79. The Balaban J connectivity index is 2.83. The monoisotopic (exact) mass is 143 g/mol. The predicted molar refractivity (Wildman–Crippen MR) is 38.7 cm³/mol. The molecular formula is C7H13NO2. The molecule has 0 aromatic carbocycles. The quantitative estimate of drug-likeness (QED) is 0.317. The molecule has 0 saturated heterocycles. The Morgan fingerprint density at radius 3 is 2.90 bits per heavy atom. The molecule has 0 heterocycles. The molecule has 0 aliphatic rings. The van der Waals surface area contributed by atoms with Gasteiger partial charge in [0.15, 0.2) is 0 Å². The van der Waals surface area contributed by atoms with E-state index in [4.69, 9.17) is 4.74 Å². The van der Waals surface area contributed by atoms with E-state index in [9.17, 15) is 4.79 Å². The lowest BCUT2D eigenvalue weighted by molar-refractivity contribution is 0.139. The van der Waals surface area contributed by atoms with Crippen LogP contribution >= 0.6 is 0 Å². The highest BCUT2D eigenvalue weighted by Crippen LogP contribution is 1.86. The van der Waals surface area contributed by atoms with E-state index < -0.39 is 0 Å². The number of aliphatic imine (C=N–C) groups is 1. The summed E-state index contributed by atoms with van der Waals surface area (Å²) in [6.45, 7) is 3.85. The van der Waals surface area contributed by atoms with Crippen LogP contribution in [0.4, 0.5) is 0 Å². The number of nitrogens with zero attached hydrogens (tertiary/aromatic N) is 1. The average Bonchev–Trinajstić information content (AvgIpc) is 1.97. The van der Waals surface area contributed by atoms with E-state index in [0.717, 1.165) is 19.4 Å². The van der Waals surface area contributed by atoms with Gasteiger partial charge in [0.05, 0.1) is 13.2 Å². The van der Waals surface area contributed by atoms with Crippen LogP contribution in [0.3, 0.4) is 0 Å². The third-order valence-corrected chi connectivity index (χ3v) is 1.05. The fraction of sp³-hybridized carbons (Fsp3) is 0.857. The van der Waals surface area contributed by atoms with Gasteiger partial charge in [0.1, 0.15) is 0 Å². The Morgan fingerprint density at radius 1 is 1.50 bits per heavy atom. The first-order valence-corrected chi connectivity index (χ1v) is 3.53. The lowest BCUT2D eigenvalue weighted by Crippen LogP contribution is -1.98. The minimum Gasteiger partial charge on any atom is -0.379 e. The van der Waals surface area contributed by atoms with Crippen molar-refractivity contribution in [1.82, 2.24) is 0 Å². The molecule has 0 rings (SSSR count). The minimum absolute atomic E-state index is 0.438. The van der Waals surface area contributed by atoms with E-state index in [1.165, 1.54) is 6.08 Å². The maximum Gasteiger partial charge on any atom is 0.235 e. The molecule has 0 aromatic heterocycles. The van der Waals surface area contributed by atoms with E-state index in [1.807, 2.05) is 0 Å². The lowest BCUT2D eigenvalue weighted by atomic mass is 10.4. The largest absolute Gasteiger partial charge is 0.379 e. The molecule has 3 nitrogen and oxygen atoms in total. The molecule has 0 unspecified atom stereocenters. The molecule has 0 fully saturated rings. The Bertz CT molecular complexity index is 108. The zero-order chi connectivity index (χ0) is 7.66. The van der Waals surface area contributed by atoms with Crippen molar-refractivity contribution in [3.63, 3.8) is 0 Å². The average molecular weight is 143 g/mol. The van der Waals surface area contributed by atoms with E-state index in [0.29, 0.717) is 13.2 Å². The summed E-state index contributed by atoms with van der Waals surface area (Å²) in [6, 6.07) is 0. The van der Waals surface area contributed by atoms with Gasteiger partial charge < -0.3 is 4.74 Å². The summed E-state index contributed by atoms with van der Waals surface area (Å²) in [5.74, 6) is 0. The third-order valence-electron chi connectivity index (χ3n) is 1.05. The fourth-order valence-corrected chi connectivity index (χ4v) is 0.504. The number of hydrogen-bond donors (Lipinski definition) is 0. The van der Waals surface area contributed by atoms with Gasteiger partial charge >= 0.3 is 0 Å². The van der Waals surface area contributed by atoms with Crippen LogP contribution in [-0.2, 0) is 9.53 Å². The number of ether oxygens (including phenoxy) is 1. The molecule has 10 heavy (non-hydrogen) atoms. The van der Waals surface area contributed by atoms with E-state index in [2.05, 4.69) is 11.9 Å². The normalized spacial score (nSPS) is 8.90. The summed E-state index contributed by atoms with van der Waals surface area (Å²) in [4.78, 5) is 12.9. The predicted octanol–water partition coefficient (Wildman–Crippen LogP) is 1.14. The van der Waals surface area contributed by atoms with Crippen LogP contribution in [0.5, 0.6) is 0 Å². The summed E-state index contributed by atoms with van der Waals surface area (Å²) in [5, 5.41) is 0. The topological polar surface area (TPSA) is 38.7 Å². The van der Waals surface area contributed by atoms with Crippen molar-refractivity contribution in [2.45, 2.75) is 19.8 Å². The summed E-state index contributed by atoms with van der Waals surface area (Å²) < 4.78 is 5.10. The molecule has 0 aliphatic heterocycles. The van der Waals surface area contributed by atoms with Crippen LogP contribution in [0.15, 0.2) is 4.99 Å². The van der Waals surface area contributed by atoms with Crippen molar-refractivity contribution < 1.29 is 9.53 Å². The summed E-state index contributed by atoms with van der Waals surface area (Å²) >= 11 is 0. The Morgan fingerprint density at radius 2 is 2.30 bits per heavy atom. The molecule has 0 amide bonds.